The fraction of sp³-hybridized carbons (Fsp3) is 0.143. The Labute approximate surface area is 151 Å². The topological polar surface area (TPSA) is 67.8 Å². The quantitative estimate of drug-likeness (QED) is 0.789. The number of rotatable bonds is 4. The SMILES string of the molecule is C[C@H](NC(=O)c1ncc(C2=CCc3ncccc32)cn1)c1ccccc1. The first-order valence-corrected chi connectivity index (χ1v) is 8.55. The molecule has 1 amide bonds. The van der Waals surface area contributed by atoms with Crippen molar-refractivity contribution < 1.29 is 4.79 Å². The summed E-state index contributed by atoms with van der Waals surface area (Å²) in [7, 11) is 0. The van der Waals surface area contributed by atoms with Gasteiger partial charge in [-0.25, -0.2) is 9.97 Å². The molecular formula is C21H18N4O. The molecule has 26 heavy (non-hydrogen) atoms. The van der Waals surface area contributed by atoms with Gasteiger partial charge in [-0.05, 0) is 24.1 Å². The summed E-state index contributed by atoms with van der Waals surface area (Å²) in [6, 6.07) is 13.7. The maximum Gasteiger partial charge on any atom is 0.289 e. The van der Waals surface area contributed by atoms with Crippen molar-refractivity contribution >= 4 is 11.5 Å². The number of fused-ring (bicyclic) bond motifs is 1. The van der Waals surface area contributed by atoms with Crippen LogP contribution in [-0.4, -0.2) is 20.9 Å². The van der Waals surface area contributed by atoms with E-state index in [-0.39, 0.29) is 17.8 Å². The first kappa shape index (κ1) is 16.1. The minimum Gasteiger partial charge on any atom is -0.343 e. The van der Waals surface area contributed by atoms with Gasteiger partial charge in [0.1, 0.15) is 0 Å². The van der Waals surface area contributed by atoms with Crippen molar-refractivity contribution in [1.82, 2.24) is 20.3 Å². The molecule has 3 aromatic rings. The smallest absolute Gasteiger partial charge is 0.289 e. The highest BCUT2D eigenvalue weighted by Crippen LogP contribution is 2.30. The average Bonchev–Trinajstić information content (AvgIpc) is 3.13. The van der Waals surface area contributed by atoms with Gasteiger partial charge in [-0.1, -0.05) is 42.5 Å². The van der Waals surface area contributed by atoms with Crippen LogP contribution in [0, 0.1) is 0 Å². The summed E-state index contributed by atoms with van der Waals surface area (Å²) >= 11 is 0. The summed E-state index contributed by atoms with van der Waals surface area (Å²) in [6.07, 6.45) is 8.12. The summed E-state index contributed by atoms with van der Waals surface area (Å²) in [6.45, 7) is 1.94. The molecule has 2 aromatic heterocycles. The monoisotopic (exact) mass is 342 g/mol. The maximum atomic E-state index is 12.4. The van der Waals surface area contributed by atoms with Gasteiger partial charge in [0.2, 0.25) is 5.82 Å². The predicted molar refractivity (Wildman–Crippen MR) is 99.4 cm³/mol. The van der Waals surface area contributed by atoms with Gasteiger partial charge in [0, 0.05) is 36.1 Å². The van der Waals surface area contributed by atoms with Crippen LogP contribution in [0.25, 0.3) is 5.57 Å². The van der Waals surface area contributed by atoms with Crippen molar-refractivity contribution in [2.45, 2.75) is 19.4 Å². The molecule has 1 aromatic carbocycles. The normalized spacial score (nSPS) is 13.7. The largest absolute Gasteiger partial charge is 0.343 e. The number of hydrogen-bond acceptors (Lipinski definition) is 4. The molecule has 0 radical (unpaired) electrons. The van der Waals surface area contributed by atoms with Crippen molar-refractivity contribution in [2.24, 2.45) is 0 Å². The zero-order chi connectivity index (χ0) is 17.9. The van der Waals surface area contributed by atoms with Crippen molar-refractivity contribution in [1.29, 1.82) is 0 Å². The number of carbonyl (C=O) groups is 1. The van der Waals surface area contributed by atoms with Gasteiger partial charge < -0.3 is 5.32 Å². The van der Waals surface area contributed by atoms with Crippen LogP contribution in [0.5, 0.6) is 0 Å². The van der Waals surface area contributed by atoms with Crippen LogP contribution in [0.2, 0.25) is 0 Å². The zero-order valence-corrected chi connectivity index (χ0v) is 14.4. The number of aromatic nitrogens is 3. The number of nitrogens with one attached hydrogen (secondary N) is 1. The van der Waals surface area contributed by atoms with Gasteiger partial charge in [0.25, 0.3) is 5.91 Å². The standard InChI is InChI=1S/C21H18N4O/c1-14(15-6-3-2-4-7-15)25-21(26)20-23-12-16(13-24-20)17-9-10-19-18(17)8-5-11-22-19/h2-9,11-14H,10H2,1H3,(H,25,26)/t14-/m0/s1. The first-order chi connectivity index (χ1) is 12.7. The second kappa shape index (κ2) is 6.88. The highest BCUT2D eigenvalue weighted by molar-refractivity contribution is 5.91. The molecule has 0 spiro atoms. The maximum absolute atomic E-state index is 12.4. The highest BCUT2D eigenvalue weighted by atomic mass is 16.2. The van der Waals surface area contributed by atoms with E-state index in [9.17, 15) is 4.79 Å². The Kier molecular flexibility index (Phi) is 4.27. The second-order valence-corrected chi connectivity index (χ2v) is 6.22. The van der Waals surface area contributed by atoms with Gasteiger partial charge in [0.15, 0.2) is 0 Å². The third-order valence-corrected chi connectivity index (χ3v) is 4.49. The van der Waals surface area contributed by atoms with Crippen molar-refractivity contribution in [2.75, 3.05) is 0 Å². The number of allylic oxidation sites excluding steroid dienone is 1. The lowest BCUT2D eigenvalue weighted by Gasteiger charge is -2.13. The third-order valence-electron chi connectivity index (χ3n) is 4.49. The van der Waals surface area contributed by atoms with Crippen molar-refractivity contribution in [3.05, 3.63) is 95.3 Å². The van der Waals surface area contributed by atoms with Gasteiger partial charge in [-0.3, -0.25) is 9.78 Å². The summed E-state index contributed by atoms with van der Waals surface area (Å²) < 4.78 is 0. The molecule has 128 valence electrons. The Morgan fingerprint density at radius 3 is 2.58 bits per heavy atom. The summed E-state index contributed by atoms with van der Waals surface area (Å²) in [5.74, 6) is -0.114. The van der Waals surface area contributed by atoms with Gasteiger partial charge in [0.05, 0.1) is 11.7 Å². The summed E-state index contributed by atoms with van der Waals surface area (Å²) in [5.41, 5.74) is 5.16. The Morgan fingerprint density at radius 2 is 1.81 bits per heavy atom. The fourth-order valence-electron chi connectivity index (χ4n) is 3.10. The van der Waals surface area contributed by atoms with Gasteiger partial charge in [-0.15, -0.1) is 0 Å². The Bertz CT molecular complexity index is 965. The lowest BCUT2D eigenvalue weighted by atomic mass is 10.0. The summed E-state index contributed by atoms with van der Waals surface area (Å²) in [4.78, 5) is 25.3. The molecular weight excluding hydrogens is 324 g/mol. The minimum absolute atomic E-state index is 0.109. The number of amides is 1. The number of pyridine rings is 1. The van der Waals surface area contributed by atoms with Crippen LogP contribution < -0.4 is 5.32 Å². The van der Waals surface area contributed by atoms with Crippen LogP contribution in [-0.2, 0) is 6.42 Å². The first-order valence-electron chi connectivity index (χ1n) is 8.55. The predicted octanol–water partition coefficient (Wildman–Crippen LogP) is 3.35. The van der Waals surface area contributed by atoms with E-state index in [0.717, 1.165) is 34.4 Å². The molecule has 0 unspecified atom stereocenters. The number of hydrogen-bond donors (Lipinski definition) is 1. The molecule has 4 rings (SSSR count). The Hall–Kier alpha value is -3.34. The minimum atomic E-state index is -0.282. The van der Waals surface area contributed by atoms with Crippen LogP contribution in [0.1, 0.15) is 46.0 Å². The molecule has 1 aliphatic carbocycles. The number of benzene rings is 1. The van der Waals surface area contributed by atoms with E-state index in [4.69, 9.17) is 0 Å². The Balaban J connectivity index is 1.49. The van der Waals surface area contributed by atoms with Crippen LogP contribution in [0.15, 0.2) is 67.1 Å². The van der Waals surface area contributed by atoms with E-state index in [2.05, 4.69) is 26.3 Å². The molecule has 0 bridgehead atoms. The van der Waals surface area contributed by atoms with E-state index in [0.29, 0.717) is 0 Å². The Morgan fingerprint density at radius 1 is 1.04 bits per heavy atom. The zero-order valence-electron chi connectivity index (χ0n) is 14.4. The number of carbonyl (C=O) groups excluding carboxylic acids is 1. The molecule has 1 aliphatic rings. The fourth-order valence-corrected chi connectivity index (χ4v) is 3.10. The lowest BCUT2D eigenvalue weighted by Crippen LogP contribution is -2.28. The molecule has 0 fully saturated rings. The summed E-state index contributed by atoms with van der Waals surface area (Å²) in [5, 5.41) is 2.93. The molecule has 0 saturated carbocycles. The lowest BCUT2D eigenvalue weighted by molar-refractivity contribution is 0.0929. The van der Waals surface area contributed by atoms with E-state index >= 15 is 0 Å². The third kappa shape index (κ3) is 3.11. The van der Waals surface area contributed by atoms with Gasteiger partial charge >= 0.3 is 0 Å². The molecule has 0 saturated heterocycles. The van der Waals surface area contributed by atoms with Crippen molar-refractivity contribution in [3.63, 3.8) is 0 Å². The average molecular weight is 342 g/mol. The second-order valence-electron chi connectivity index (χ2n) is 6.22. The van der Waals surface area contributed by atoms with E-state index in [1.807, 2.05) is 49.4 Å². The molecule has 5 nitrogen and oxygen atoms in total. The molecule has 0 aliphatic heterocycles. The molecule has 1 atom stereocenters. The van der Waals surface area contributed by atoms with E-state index in [1.54, 1.807) is 18.6 Å². The van der Waals surface area contributed by atoms with E-state index in [1.165, 1.54) is 0 Å². The van der Waals surface area contributed by atoms with Crippen molar-refractivity contribution in [3.8, 4) is 0 Å². The van der Waals surface area contributed by atoms with Gasteiger partial charge in [-0.2, -0.15) is 0 Å². The molecule has 1 N–H and O–H groups in total. The van der Waals surface area contributed by atoms with E-state index < -0.39 is 0 Å². The van der Waals surface area contributed by atoms with Crippen LogP contribution in [0.4, 0.5) is 0 Å². The molecule has 2 heterocycles. The highest BCUT2D eigenvalue weighted by Gasteiger charge is 2.18. The molecule has 5 heteroatoms. The van der Waals surface area contributed by atoms with Crippen LogP contribution in [0.3, 0.4) is 0 Å². The van der Waals surface area contributed by atoms with Crippen LogP contribution >= 0.6 is 0 Å². The number of nitrogens with zero attached hydrogens (tertiary/aromatic N) is 3.